The molecule has 0 atom stereocenters. The molecule has 0 unspecified atom stereocenters. The number of hydrogen-bond acceptors (Lipinski definition) is 6. The van der Waals surface area contributed by atoms with E-state index in [1.807, 2.05) is 24.3 Å². The summed E-state index contributed by atoms with van der Waals surface area (Å²) in [5.41, 5.74) is 8.33. The summed E-state index contributed by atoms with van der Waals surface area (Å²) in [4.78, 5) is 16.1. The van der Waals surface area contributed by atoms with Crippen LogP contribution < -0.4 is 15.6 Å². The van der Waals surface area contributed by atoms with E-state index in [4.69, 9.17) is 9.47 Å². The zero-order valence-corrected chi connectivity index (χ0v) is 12.9. The predicted octanol–water partition coefficient (Wildman–Crippen LogP) is 2.42. The number of rotatable bonds is 5. The molecule has 0 aliphatic carbocycles. The Morgan fingerprint density at radius 2 is 1.95 bits per heavy atom. The van der Waals surface area contributed by atoms with Crippen molar-refractivity contribution in [2.24, 2.45) is 4.99 Å². The topological polar surface area (TPSA) is 72.0 Å². The molecule has 2 N–H and O–H groups in total. The van der Waals surface area contributed by atoms with Gasteiger partial charge in [0.05, 0.1) is 30.7 Å². The normalized spacial score (nSPS) is 13.8. The van der Waals surface area contributed by atoms with Gasteiger partial charge in [-0.15, -0.1) is 0 Å². The van der Waals surface area contributed by atoms with Gasteiger partial charge in [-0.1, -0.05) is 6.58 Å². The fourth-order valence-electron chi connectivity index (χ4n) is 2.01. The van der Waals surface area contributed by atoms with Crippen molar-refractivity contribution in [3.63, 3.8) is 0 Å². The Hall–Kier alpha value is -2.76. The number of benzene rings is 1. The molecule has 0 fully saturated rings. The summed E-state index contributed by atoms with van der Waals surface area (Å²) in [7, 11) is 1.62. The van der Waals surface area contributed by atoms with Crippen LogP contribution in [0.15, 0.2) is 52.7 Å². The number of carbonyl (C=O) groups excluding carboxylic acids is 1. The first-order valence-corrected chi connectivity index (χ1v) is 6.89. The van der Waals surface area contributed by atoms with Gasteiger partial charge in [-0.25, -0.2) is 9.79 Å². The third kappa shape index (κ3) is 3.28. The number of carbonyl (C=O) groups is 1. The van der Waals surface area contributed by atoms with Crippen LogP contribution in [0.1, 0.15) is 13.8 Å². The molecule has 0 aromatic heterocycles. The molecule has 1 aromatic carbocycles. The zero-order chi connectivity index (χ0) is 16.1. The maximum absolute atomic E-state index is 11.9. The second kappa shape index (κ2) is 6.80. The lowest BCUT2D eigenvalue weighted by Crippen LogP contribution is -2.29. The maximum atomic E-state index is 11.9. The minimum absolute atomic E-state index is 0.315. The smallest absolute Gasteiger partial charge is 0.340 e. The lowest BCUT2D eigenvalue weighted by Gasteiger charge is -2.11. The van der Waals surface area contributed by atoms with E-state index in [2.05, 4.69) is 22.4 Å². The van der Waals surface area contributed by atoms with E-state index in [-0.39, 0.29) is 0 Å². The van der Waals surface area contributed by atoms with E-state index in [0.29, 0.717) is 29.3 Å². The number of esters is 1. The molecule has 0 radical (unpaired) electrons. The second-order valence-corrected chi connectivity index (χ2v) is 4.61. The van der Waals surface area contributed by atoms with Crippen LogP contribution in [-0.2, 0) is 9.53 Å². The summed E-state index contributed by atoms with van der Waals surface area (Å²) in [5, 5.41) is 0. The molecule has 1 aliphatic rings. The minimum atomic E-state index is -0.407. The van der Waals surface area contributed by atoms with E-state index in [1.54, 1.807) is 21.0 Å². The monoisotopic (exact) mass is 301 g/mol. The average Bonchev–Trinajstić information content (AvgIpc) is 2.80. The third-order valence-corrected chi connectivity index (χ3v) is 3.16. The molecule has 6 heteroatoms. The molecular formula is C16H19N3O3. The Kier molecular flexibility index (Phi) is 4.83. The number of anilines is 1. The van der Waals surface area contributed by atoms with Gasteiger partial charge in [0.1, 0.15) is 11.6 Å². The Balaban J connectivity index is 2.05. The lowest BCUT2D eigenvalue weighted by molar-refractivity contribution is -0.138. The van der Waals surface area contributed by atoms with Crippen LogP contribution in [0.25, 0.3) is 0 Å². The SMILES string of the molecule is C=C1N=C(NNc2ccc(OC)cc2)C(C)=C1C(=O)OCC. The minimum Gasteiger partial charge on any atom is -0.497 e. The van der Waals surface area contributed by atoms with Crippen molar-refractivity contribution < 1.29 is 14.3 Å². The third-order valence-electron chi connectivity index (χ3n) is 3.16. The molecule has 1 aromatic rings. The molecule has 0 bridgehead atoms. The van der Waals surface area contributed by atoms with Crippen molar-refractivity contribution in [3.05, 3.63) is 47.7 Å². The molecule has 116 valence electrons. The Bertz CT molecular complexity index is 645. The molecule has 0 spiro atoms. The summed E-state index contributed by atoms with van der Waals surface area (Å²) in [6.07, 6.45) is 0. The van der Waals surface area contributed by atoms with Crippen molar-refractivity contribution in [2.45, 2.75) is 13.8 Å². The van der Waals surface area contributed by atoms with Gasteiger partial charge in [0, 0.05) is 5.57 Å². The molecule has 0 saturated heterocycles. The highest BCUT2D eigenvalue weighted by Crippen LogP contribution is 2.24. The standard InChI is InChI=1S/C16H19N3O3/c1-5-22-16(20)14-10(2)15(17-11(14)3)19-18-12-6-8-13(21-4)9-7-12/h6-9,18H,3,5H2,1-2,4H3,(H,17,19). The van der Waals surface area contributed by atoms with Gasteiger partial charge in [-0.05, 0) is 38.1 Å². The van der Waals surface area contributed by atoms with Crippen LogP contribution in [0.3, 0.4) is 0 Å². The lowest BCUT2D eigenvalue weighted by atomic mass is 10.1. The number of nitrogens with zero attached hydrogens (tertiary/aromatic N) is 1. The van der Waals surface area contributed by atoms with Gasteiger partial charge in [0.2, 0.25) is 0 Å². The summed E-state index contributed by atoms with van der Waals surface area (Å²) < 4.78 is 10.1. The molecule has 0 amide bonds. The van der Waals surface area contributed by atoms with Crippen LogP contribution in [0.5, 0.6) is 5.75 Å². The molecule has 1 heterocycles. The van der Waals surface area contributed by atoms with Crippen LogP contribution in [0.2, 0.25) is 0 Å². The Morgan fingerprint density at radius 1 is 1.27 bits per heavy atom. The highest BCUT2D eigenvalue weighted by Gasteiger charge is 2.25. The number of methoxy groups -OCH3 is 1. The van der Waals surface area contributed by atoms with Gasteiger partial charge >= 0.3 is 5.97 Å². The van der Waals surface area contributed by atoms with Crippen molar-refractivity contribution in [2.75, 3.05) is 19.1 Å². The first kappa shape index (κ1) is 15.6. The number of amidine groups is 1. The van der Waals surface area contributed by atoms with Crippen molar-refractivity contribution in [1.29, 1.82) is 0 Å². The van der Waals surface area contributed by atoms with Crippen molar-refractivity contribution >= 4 is 17.5 Å². The van der Waals surface area contributed by atoms with Crippen LogP contribution in [0.4, 0.5) is 5.69 Å². The van der Waals surface area contributed by atoms with Gasteiger partial charge in [-0.3, -0.25) is 10.9 Å². The first-order valence-electron chi connectivity index (χ1n) is 6.89. The van der Waals surface area contributed by atoms with Crippen LogP contribution in [-0.4, -0.2) is 25.5 Å². The second-order valence-electron chi connectivity index (χ2n) is 4.61. The maximum Gasteiger partial charge on any atom is 0.340 e. The van der Waals surface area contributed by atoms with Gasteiger partial charge in [0.25, 0.3) is 0 Å². The molecule has 0 saturated carbocycles. The van der Waals surface area contributed by atoms with Gasteiger partial charge < -0.3 is 9.47 Å². The number of hydrazine groups is 1. The Labute approximate surface area is 129 Å². The number of aliphatic imine (C=N–C) groups is 1. The highest BCUT2D eigenvalue weighted by molar-refractivity contribution is 6.11. The Morgan fingerprint density at radius 3 is 2.55 bits per heavy atom. The van der Waals surface area contributed by atoms with E-state index in [1.165, 1.54) is 0 Å². The summed E-state index contributed by atoms with van der Waals surface area (Å²) in [5.74, 6) is 0.914. The van der Waals surface area contributed by atoms with Crippen LogP contribution in [0, 0.1) is 0 Å². The van der Waals surface area contributed by atoms with E-state index in [9.17, 15) is 4.79 Å². The molecule has 1 aliphatic heterocycles. The molecule has 6 nitrogen and oxygen atoms in total. The van der Waals surface area contributed by atoms with Gasteiger partial charge in [-0.2, -0.15) is 0 Å². The largest absolute Gasteiger partial charge is 0.497 e. The number of nitrogens with one attached hydrogen (secondary N) is 2. The van der Waals surface area contributed by atoms with E-state index in [0.717, 1.165) is 11.4 Å². The fourth-order valence-corrected chi connectivity index (χ4v) is 2.01. The van der Waals surface area contributed by atoms with E-state index < -0.39 is 5.97 Å². The van der Waals surface area contributed by atoms with Gasteiger partial charge in [0.15, 0.2) is 0 Å². The summed E-state index contributed by atoms with van der Waals surface area (Å²) >= 11 is 0. The summed E-state index contributed by atoms with van der Waals surface area (Å²) in [6, 6.07) is 7.40. The van der Waals surface area contributed by atoms with E-state index >= 15 is 0 Å². The molecular weight excluding hydrogens is 282 g/mol. The zero-order valence-electron chi connectivity index (χ0n) is 12.9. The summed E-state index contributed by atoms with van der Waals surface area (Å²) in [6.45, 7) is 7.66. The number of hydrogen-bond donors (Lipinski definition) is 2. The molecule has 2 rings (SSSR count). The average molecular weight is 301 g/mol. The fraction of sp³-hybridized carbons (Fsp3) is 0.250. The number of ether oxygens (including phenoxy) is 2. The quantitative estimate of drug-likeness (QED) is 0.645. The van der Waals surface area contributed by atoms with Crippen molar-refractivity contribution in [3.8, 4) is 5.75 Å². The molecule has 22 heavy (non-hydrogen) atoms. The predicted molar refractivity (Wildman–Crippen MR) is 85.7 cm³/mol. The first-order chi connectivity index (χ1) is 10.6. The van der Waals surface area contributed by atoms with Crippen molar-refractivity contribution in [1.82, 2.24) is 5.43 Å². The highest BCUT2D eigenvalue weighted by atomic mass is 16.5. The van der Waals surface area contributed by atoms with Crippen LogP contribution >= 0.6 is 0 Å².